The third-order valence-corrected chi connectivity index (χ3v) is 10.9. The average Bonchev–Trinajstić information content (AvgIpc) is 3.35. The normalized spacial score (nSPS) is 25.5. The fourth-order valence-corrected chi connectivity index (χ4v) is 7.62. The van der Waals surface area contributed by atoms with Crippen LogP contribution in [0.1, 0.15) is 24.8 Å². The maximum Gasteiger partial charge on any atom is 0.340 e. The summed E-state index contributed by atoms with van der Waals surface area (Å²) in [4.78, 5) is 29.5. The summed E-state index contributed by atoms with van der Waals surface area (Å²) in [6.45, 7) is 0.560. The first-order chi connectivity index (χ1) is 18.9. The Balaban J connectivity index is 1.58. The molecule has 2 unspecified atom stereocenters. The molecule has 4 rings (SSSR count). The summed E-state index contributed by atoms with van der Waals surface area (Å²) in [5.41, 5.74) is -0.0205. The van der Waals surface area contributed by atoms with E-state index in [1.54, 1.807) is 0 Å². The van der Waals surface area contributed by atoms with Crippen molar-refractivity contribution in [2.45, 2.75) is 42.4 Å². The van der Waals surface area contributed by atoms with Crippen molar-refractivity contribution in [2.24, 2.45) is 0 Å². The smallest absolute Gasteiger partial charge is 0.340 e. The van der Waals surface area contributed by atoms with E-state index in [0.717, 1.165) is 10.7 Å². The Morgan fingerprint density at radius 1 is 1.14 bits per heavy atom. The predicted octanol–water partition coefficient (Wildman–Crippen LogP) is 4.87. The van der Waals surface area contributed by atoms with E-state index in [4.69, 9.17) is 26.1 Å². The quantitative estimate of drug-likeness (QED) is 0.0962. The maximum absolute atomic E-state index is 13.3. The molecule has 0 radical (unpaired) electrons. The Kier molecular flexibility index (Phi) is 8.13. The number of nitrogens with zero attached hydrogens (tertiary/aromatic N) is 3. The fraction of sp³-hybridized carbons (Fsp3) is 0.400. The van der Waals surface area contributed by atoms with E-state index in [-0.39, 0.29) is 33.5 Å². The van der Waals surface area contributed by atoms with Crippen molar-refractivity contribution in [2.75, 3.05) is 17.8 Å². The van der Waals surface area contributed by atoms with Crippen molar-refractivity contribution >= 4 is 53.7 Å². The summed E-state index contributed by atoms with van der Waals surface area (Å²) in [6.07, 6.45) is -5.15. The van der Waals surface area contributed by atoms with Crippen LogP contribution in [-0.2, 0) is 18.4 Å². The van der Waals surface area contributed by atoms with Crippen LogP contribution in [0.2, 0.25) is 5.15 Å². The molecule has 6 N–H and O–H groups in total. The number of aliphatic hydroxyl groups excluding tert-OH is 2. The van der Waals surface area contributed by atoms with E-state index in [2.05, 4.69) is 19.9 Å². The van der Waals surface area contributed by atoms with Gasteiger partial charge in [0.15, 0.2) is 17.8 Å². The SMILES string of the molecule is C[C@@H](Nc1cc(Cl)nc2c1cnn2[C@@H]1O[C@H](COP(=O)(O)CP(=O)(O)O)C(O)[C@@H]1O)c1cccc(S(F)(F)(F)(F)F)c1. The second-order valence-corrected chi connectivity index (χ2v) is 16.3. The second-order valence-electron chi connectivity index (χ2n) is 9.51. The van der Waals surface area contributed by atoms with Crippen LogP contribution in [-0.4, -0.2) is 70.5 Å². The van der Waals surface area contributed by atoms with Crippen LogP contribution < -0.4 is 5.32 Å². The van der Waals surface area contributed by atoms with Gasteiger partial charge in [0.2, 0.25) is 0 Å². The number of halogens is 6. The molecule has 13 nitrogen and oxygen atoms in total. The molecule has 42 heavy (non-hydrogen) atoms. The second kappa shape index (κ2) is 10.3. The molecule has 22 heteroatoms. The molecule has 1 aromatic carbocycles. The monoisotopic (exact) mass is 688 g/mol. The Morgan fingerprint density at radius 2 is 1.81 bits per heavy atom. The fourth-order valence-electron chi connectivity index (χ4n) is 4.17. The summed E-state index contributed by atoms with van der Waals surface area (Å²) < 4.78 is 101. The maximum atomic E-state index is 13.3. The lowest BCUT2D eigenvalue weighted by molar-refractivity contribution is -0.0541. The molecule has 6 atom stereocenters. The van der Waals surface area contributed by atoms with Crippen LogP contribution in [0.25, 0.3) is 11.0 Å². The van der Waals surface area contributed by atoms with Gasteiger partial charge in [0.1, 0.15) is 28.4 Å². The molecule has 0 spiro atoms. The van der Waals surface area contributed by atoms with Crippen molar-refractivity contribution in [1.29, 1.82) is 0 Å². The van der Waals surface area contributed by atoms with E-state index in [1.807, 2.05) is 0 Å². The predicted molar refractivity (Wildman–Crippen MR) is 141 cm³/mol. The van der Waals surface area contributed by atoms with Crippen molar-refractivity contribution < 1.29 is 62.7 Å². The number of hydrogen-bond acceptors (Lipinski definition) is 9. The Hall–Kier alpha value is -1.89. The largest absolute Gasteiger partial charge is 0.387 e. The van der Waals surface area contributed by atoms with Crippen molar-refractivity contribution in [1.82, 2.24) is 14.8 Å². The molecule has 1 fully saturated rings. The Labute approximate surface area is 238 Å². The first-order valence-corrected chi connectivity index (χ1v) is 17.5. The minimum Gasteiger partial charge on any atom is -0.387 e. The van der Waals surface area contributed by atoms with Crippen LogP contribution in [0.4, 0.5) is 25.1 Å². The number of fused-ring (bicyclic) bond motifs is 1. The molecule has 0 aliphatic carbocycles. The standard InChI is InChI=1S/C20H24ClF5N4O9P2S/c1-10(11-3-2-4-12(5-11)42(22,23,24,25)26)28-14-6-16(21)29-19-13(14)7-27-30(19)20-18(32)17(31)15(39-20)8-38-41(36,37)9-40(33,34)35/h2-7,10,15,17-18,20,31-32H,8-9H2,1H3,(H,28,29)(H,36,37)(H2,33,34,35)/t10-,15-,17?,18+,20-/m1/s1. The lowest BCUT2D eigenvalue weighted by Crippen LogP contribution is -2.33. The number of aliphatic hydroxyl groups is 2. The average molecular weight is 689 g/mol. The molecular formula is C20H24ClF5N4O9P2S. The first kappa shape index (κ1) is 33.0. The molecule has 0 saturated carbocycles. The molecule has 236 valence electrons. The van der Waals surface area contributed by atoms with E-state index < -0.39 is 73.4 Å². The highest BCUT2D eigenvalue weighted by Gasteiger charge is 2.65. The highest BCUT2D eigenvalue weighted by Crippen LogP contribution is 3.02. The first-order valence-electron chi connectivity index (χ1n) is 11.6. The number of pyridine rings is 1. The topological polar surface area (TPSA) is 196 Å². The van der Waals surface area contributed by atoms with E-state index in [1.165, 1.54) is 25.3 Å². The lowest BCUT2D eigenvalue weighted by atomic mass is 10.1. The molecule has 1 aliphatic rings. The summed E-state index contributed by atoms with van der Waals surface area (Å²) in [7, 11) is -19.7. The number of rotatable bonds is 10. The number of ether oxygens (including phenoxy) is 1. The van der Waals surface area contributed by atoms with Crippen molar-refractivity contribution in [3.05, 3.63) is 47.2 Å². The van der Waals surface area contributed by atoms with Gasteiger partial charge >= 0.3 is 25.4 Å². The highest BCUT2D eigenvalue weighted by atomic mass is 35.5. The highest BCUT2D eigenvalue weighted by molar-refractivity contribution is 8.45. The van der Waals surface area contributed by atoms with Crippen LogP contribution >= 0.6 is 37.0 Å². The number of aromatic nitrogens is 3. The van der Waals surface area contributed by atoms with Crippen molar-refractivity contribution in [3.63, 3.8) is 0 Å². The zero-order chi connectivity index (χ0) is 31.5. The summed E-state index contributed by atoms with van der Waals surface area (Å²) in [5.74, 6) is -1.49. The van der Waals surface area contributed by atoms with Gasteiger partial charge in [-0.2, -0.15) is 5.10 Å². The van der Waals surface area contributed by atoms with Gasteiger partial charge in [-0.05, 0) is 30.7 Å². The molecule has 2 aromatic heterocycles. The lowest BCUT2D eigenvalue weighted by Gasteiger charge is -2.40. The number of hydrogen-bond donors (Lipinski definition) is 6. The third-order valence-electron chi connectivity index (χ3n) is 6.09. The van der Waals surface area contributed by atoms with Crippen LogP contribution in [0.5, 0.6) is 0 Å². The summed E-state index contributed by atoms with van der Waals surface area (Å²) in [5, 5.41) is 27.9. The molecular weight excluding hydrogens is 665 g/mol. The van der Waals surface area contributed by atoms with E-state index in [9.17, 15) is 43.7 Å². The van der Waals surface area contributed by atoms with Crippen LogP contribution in [0, 0.1) is 0 Å². The van der Waals surface area contributed by atoms with Gasteiger partial charge in [-0.25, -0.2) is 9.67 Å². The van der Waals surface area contributed by atoms with Gasteiger partial charge in [-0.3, -0.25) is 9.13 Å². The molecule has 0 bridgehead atoms. The summed E-state index contributed by atoms with van der Waals surface area (Å²) in [6, 6.07) is 3.00. The van der Waals surface area contributed by atoms with Gasteiger partial charge in [-0.1, -0.05) is 43.2 Å². The molecule has 3 aromatic rings. The summed E-state index contributed by atoms with van der Waals surface area (Å²) >= 11 is 6.13. The molecule has 1 saturated heterocycles. The van der Waals surface area contributed by atoms with Crippen LogP contribution in [0.3, 0.4) is 0 Å². The van der Waals surface area contributed by atoms with Gasteiger partial charge in [0.25, 0.3) is 0 Å². The Morgan fingerprint density at radius 3 is 2.43 bits per heavy atom. The number of anilines is 1. The Bertz CT molecular complexity index is 1610. The van der Waals surface area contributed by atoms with Gasteiger partial charge < -0.3 is 39.5 Å². The van der Waals surface area contributed by atoms with Gasteiger partial charge in [0, 0.05) is 6.04 Å². The minimum absolute atomic E-state index is 0.0508. The molecule has 0 amide bonds. The zero-order valence-electron chi connectivity index (χ0n) is 21.0. The van der Waals surface area contributed by atoms with E-state index >= 15 is 0 Å². The van der Waals surface area contributed by atoms with Gasteiger partial charge in [0.05, 0.1) is 23.9 Å². The molecule has 1 aliphatic heterocycles. The van der Waals surface area contributed by atoms with Gasteiger partial charge in [-0.15, -0.1) is 0 Å². The number of nitrogens with one attached hydrogen (secondary N) is 1. The molecule has 3 heterocycles. The third kappa shape index (κ3) is 7.60. The van der Waals surface area contributed by atoms with Crippen LogP contribution in [0.15, 0.2) is 41.4 Å². The zero-order valence-corrected chi connectivity index (χ0v) is 24.4. The van der Waals surface area contributed by atoms with Crippen molar-refractivity contribution in [3.8, 4) is 0 Å². The number of benzene rings is 1. The minimum atomic E-state index is -9.93. The van der Waals surface area contributed by atoms with E-state index in [0.29, 0.717) is 6.07 Å².